The molecule has 0 unspecified atom stereocenters. The molecule has 4 fully saturated rings. The number of anilines is 4. The zero-order chi connectivity index (χ0) is 37.0. The van der Waals surface area contributed by atoms with Gasteiger partial charge in [-0.1, -0.05) is 24.3 Å². The molecule has 8 heterocycles. The minimum Gasteiger partial charge on any atom is -0.339 e. The van der Waals surface area contributed by atoms with Gasteiger partial charge in [-0.2, -0.15) is 0 Å². The Morgan fingerprint density at radius 3 is 0.842 bits per heavy atom. The number of rotatable bonds is 4. The Hall–Kier alpha value is -6.04. The van der Waals surface area contributed by atoms with Gasteiger partial charge in [-0.05, 0) is 93.0 Å². The lowest BCUT2D eigenvalue weighted by molar-refractivity contribution is 0.503. The number of guanidine groups is 4. The maximum Gasteiger partial charge on any atom is 0.201 e. The highest BCUT2D eigenvalue weighted by molar-refractivity contribution is 6.06. The van der Waals surface area contributed by atoms with Crippen molar-refractivity contribution in [3.05, 3.63) is 95.1 Å². The van der Waals surface area contributed by atoms with Gasteiger partial charge < -0.3 is 39.2 Å². The quantitative estimate of drug-likeness (QED) is 0.268. The van der Waals surface area contributed by atoms with Crippen molar-refractivity contribution < 1.29 is 0 Å². The minimum absolute atomic E-state index is 0.547. The average Bonchev–Trinajstić information content (AvgIpc) is 4.08. The number of nitrogens with zero attached hydrogens (tertiary/aromatic N) is 12. The highest BCUT2D eigenvalue weighted by atomic mass is 15.5. The summed E-state index contributed by atoms with van der Waals surface area (Å²) in [6, 6.07) is 29.2. The summed E-state index contributed by atoms with van der Waals surface area (Å²) in [6.07, 6.45) is 0. The molecular weight excluding hydrogens is 709 g/mol. The third kappa shape index (κ3) is 3.98. The van der Waals surface area contributed by atoms with Crippen LogP contribution < -0.4 is 19.6 Å². The Labute approximate surface area is 332 Å². The van der Waals surface area contributed by atoms with Gasteiger partial charge in [0.25, 0.3) is 0 Å². The van der Waals surface area contributed by atoms with Gasteiger partial charge in [-0.3, -0.25) is 20.0 Å². The van der Waals surface area contributed by atoms with Crippen LogP contribution in [0.25, 0.3) is 22.3 Å². The molecule has 0 amide bonds. The highest BCUT2D eigenvalue weighted by Gasteiger charge is 2.53. The number of hydrogen-bond donors (Lipinski definition) is 0. The zero-order valence-electron chi connectivity index (χ0n) is 32.1. The van der Waals surface area contributed by atoms with Crippen molar-refractivity contribution in [1.82, 2.24) is 19.6 Å². The summed E-state index contributed by atoms with van der Waals surface area (Å²) in [7, 11) is 0. The molecule has 12 heteroatoms. The first-order chi connectivity index (χ1) is 28.2. The molecule has 57 heavy (non-hydrogen) atoms. The van der Waals surface area contributed by atoms with Crippen molar-refractivity contribution in [3.63, 3.8) is 0 Å². The molecule has 14 rings (SSSR count). The Bertz CT molecular complexity index is 2230. The monoisotopic (exact) mass is 752 g/mol. The number of hydrogen-bond acceptors (Lipinski definition) is 12. The molecule has 0 aromatic heterocycles. The summed E-state index contributed by atoms with van der Waals surface area (Å²) >= 11 is 0. The smallest absolute Gasteiger partial charge is 0.201 e. The van der Waals surface area contributed by atoms with E-state index < -0.39 is 5.41 Å². The molecule has 12 nitrogen and oxygen atoms in total. The molecule has 0 N–H and O–H groups in total. The van der Waals surface area contributed by atoms with E-state index in [1.165, 1.54) is 67.3 Å². The Balaban J connectivity index is 1.03. The molecule has 0 saturated carbocycles. The second-order valence-electron chi connectivity index (χ2n) is 17.0. The second kappa shape index (κ2) is 11.1. The van der Waals surface area contributed by atoms with Crippen molar-refractivity contribution in [2.24, 2.45) is 20.0 Å². The fourth-order valence-electron chi connectivity index (χ4n) is 11.9. The second-order valence-corrected chi connectivity index (χ2v) is 17.0. The summed E-state index contributed by atoms with van der Waals surface area (Å²) in [5.41, 5.74) is 15.1. The van der Waals surface area contributed by atoms with E-state index in [4.69, 9.17) is 20.0 Å². The van der Waals surface area contributed by atoms with E-state index in [2.05, 4.69) is 112 Å². The van der Waals surface area contributed by atoms with Gasteiger partial charge in [0, 0.05) is 101 Å². The van der Waals surface area contributed by atoms with E-state index >= 15 is 0 Å². The van der Waals surface area contributed by atoms with Gasteiger partial charge in [0.2, 0.25) is 23.8 Å². The van der Waals surface area contributed by atoms with Crippen LogP contribution in [0.5, 0.6) is 0 Å². The summed E-state index contributed by atoms with van der Waals surface area (Å²) in [6.45, 7) is 15.5. The third-order valence-electron chi connectivity index (χ3n) is 14.4. The number of aliphatic imine (C=N–C) groups is 4. The molecular formula is C45H44N12. The van der Waals surface area contributed by atoms with Crippen LogP contribution >= 0.6 is 0 Å². The average molecular weight is 753 g/mol. The van der Waals surface area contributed by atoms with Crippen LogP contribution in [0.4, 0.5) is 22.7 Å². The lowest BCUT2D eigenvalue weighted by atomic mass is 9.70. The molecule has 1 spiro atoms. The van der Waals surface area contributed by atoms with Crippen LogP contribution in [0, 0.1) is 0 Å². The molecule has 4 saturated heterocycles. The fraction of sp³-hybridized carbons (Fsp3) is 0.378. The third-order valence-corrected chi connectivity index (χ3v) is 14.4. The molecule has 4 aromatic carbocycles. The SMILES string of the molecule is c1cc2c(cc1N1CCN3CCN=C31)C1(c3cc(N4CCN5CCN=C54)ccc3-2)c2cc(N3CCN4CCN=C43)ccc2-c2ccc(N3CCN4CCN=C43)cc21. The first-order valence-electron chi connectivity index (χ1n) is 21.1. The molecule has 0 atom stereocenters. The Morgan fingerprint density at radius 2 is 0.579 bits per heavy atom. The van der Waals surface area contributed by atoms with Gasteiger partial charge in [-0.25, -0.2) is 0 Å². The Morgan fingerprint density at radius 1 is 0.316 bits per heavy atom. The van der Waals surface area contributed by atoms with Crippen LogP contribution in [0.15, 0.2) is 92.8 Å². The number of benzene rings is 4. The lowest BCUT2D eigenvalue weighted by Gasteiger charge is -2.33. The van der Waals surface area contributed by atoms with E-state index in [1.54, 1.807) is 0 Å². The van der Waals surface area contributed by atoms with Crippen molar-refractivity contribution in [2.45, 2.75) is 5.41 Å². The minimum atomic E-state index is -0.547. The first-order valence-corrected chi connectivity index (χ1v) is 21.1. The van der Waals surface area contributed by atoms with Gasteiger partial charge in [-0.15, -0.1) is 0 Å². The largest absolute Gasteiger partial charge is 0.339 e. The van der Waals surface area contributed by atoms with Crippen molar-refractivity contribution in [3.8, 4) is 22.3 Å². The highest BCUT2D eigenvalue weighted by Crippen LogP contribution is 2.64. The van der Waals surface area contributed by atoms with Crippen LogP contribution in [0.2, 0.25) is 0 Å². The molecule has 4 aromatic rings. The maximum atomic E-state index is 5.00. The van der Waals surface area contributed by atoms with E-state index in [-0.39, 0.29) is 0 Å². The van der Waals surface area contributed by atoms with E-state index in [0.717, 1.165) is 129 Å². The summed E-state index contributed by atoms with van der Waals surface area (Å²) in [5, 5.41) is 0. The lowest BCUT2D eigenvalue weighted by Crippen LogP contribution is -2.32. The van der Waals surface area contributed by atoms with Gasteiger partial charge in [0.05, 0.1) is 31.6 Å². The molecule has 8 aliphatic heterocycles. The molecule has 284 valence electrons. The molecule has 10 aliphatic rings. The summed E-state index contributed by atoms with van der Waals surface area (Å²) in [5.74, 6) is 4.51. The van der Waals surface area contributed by atoms with Crippen LogP contribution in [-0.4, -0.2) is 148 Å². The predicted molar refractivity (Wildman–Crippen MR) is 228 cm³/mol. The standard InChI is InChI=1S/C45H44N12/c1-5-33-34-6-2-30(55-22-18-51-14-10-47-42(51)55)26-38(34)45(37(33)25-29(1)54-21-17-50-13-9-46-41(50)54)39-27-31(56-23-19-52-15-11-48-43(52)56)3-7-35(39)36-8-4-32(28-40(36)45)57-24-20-53-16-12-49-44(53)57/h1-8,25-28H,9-24H2. The van der Waals surface area contributed by atoms with Crippen molar-refractivity contribution in [1.29, 1.82) is 0 Å². The number of fused-ring (bicyclic) bond motifs is 14. The normalized spacial score (nSPS) is 22.6. The van der Waals surface area contributed by atoms with Gasteiger partial charge in [0.1, 0.15) is 0 Å². The van der Waals surface area contributed by atoms with Gasteiger partial charge >= 0.3 is 0 Å². The van der Waals surface area contributed by atoms with E-state index in [1.807, 2.05) is 0 Å². The fourth-order valence-corrected chi connectivity index (χ4v) is 11.9. The van der Waals surface area contributed by atoms with Crippen molar-refractivity contribution in [2.75, 3.05) is 124 Å². The first kappa shape index (κ1) is 31.1. The summed E-state index contributed by atoms with van der Waals surface area (Å²) < 4.78 is 0. The predicted octanol–water partition coefficient (Wildman–Crippen LogP) is 4.00. The topological polar surface area (TPSA) is 75.4 Å². The maximum absolute atomic E-state index is 5.00. The summed E-state index contributed by atoms with van der Waals surface area (Å²) in [4.78, 5) is 39.7. The van der Waals surface area contributed by atoms with Crippen LogP contribution in [0.1, 0.15) is 22.3 Å². The van der Waals surface area contributed by atoms with Crippen molar-refractivity contribution >= 4 is 46.6 Å². The van der Waals surface area contributed by atoms with Crippen LogP contribution in [-0.2, 0) is 5.41 Å². The Kier molecular flexibility index (Phi) is 6.04. The van der Waals surface area contributed by atoms with Gasteiger partial charge in [0.15, 0.2) is 0 Å². The molecule has 2 aliphatic carbocycles. The molecule has 0 radical (unpaired) electrons. The van der Waals surface area contributed by atoms with Crippen LogP contribution in [0.3, 0.4) is 0 Å². The van der Waals surface area contributed by atoms with E-state index in [0.29, 0.717) is 0 Å². The zero-order valence-corrected chi connectivity index (χ0v) is 32.1. The molecule has 0 bridgehead atoms. The van der Waals surface area contributed by atoms with E-state index in [9.17, 15) is 0 Å².